The fraction of sp³-hybridized carbons (Fsp3) is 0.571. The lowest BCUT2D eigenvalue weighted by Crippen LogP contribution is -2.26. The van der Waals surface area contributed by atoms with Crippen LogP contribution in [0.4, 0.5) is 11.4 Å². The summed E-state index contributed by atoms with van der Waals surface area (Å²) in [4.78, 5) is 12.9. The molecule has 2 atom stereocenters. The third kappa shape index (κ3) is 2.79. The number of anilines is 1. The molecule has 0 unspecified atom stereocenters. The molecule has 0 bridgehead atoms. The molecule has 0 radical (unpaired) electrons. The monoisotopic (exact) mass is 340 g/mol. The molecule has 2 heterocycles. The van der Waals surface area contributed by atoms with Crippen molar-refractivity contribution < 1.29 is 13.3 Å². The average Bonchev–Trinajstić information content (AvgIpc) is 3.07. The first kappa shape index (κ1) is 16.2. The molecule has 9 heteroatoms. The van der Waals surface area contributed by atoms with Crippen molar-refractivity contribution in [3.8, 4) is 0 Å². The van der Waals surface area contributed by atoms with E-state index in [2.05, 4.69) is 5.32 Å². The van der Waals surface area contributed by atoms with Crippen LogP contribution in [-0.4, -0.2) is 57.9 Å². The highest BCUT2D eigenvalue weighted by Crippen LogP contribution is 2.37. The Bertz CT molecular complexity index is 722. The lowest BCUT2D eigenvalue weighted by atomic mass is 10.0. The lowest BCUT2D eigenvalue weighted by molar-refractivity contribution is -0.384. The summed E-state index contributed by atoms with van der Waals surface area (Å²) >= 11 is 0. The van der Waals surface area contributed by atoms with Gasteiger partial charge in [0.1, 0.15) is 5.69 Å². The van der Waals surface area contributed by atoms with Gasteiger partial charge in [0.2, 0.25) is 10.0 Å². The Morgan fingerprint density at radius 2 is 1.87 bits per heavy atom. The molecular weight excluding hydrogens is 320 g/mol. The van der Waals surface area contributed by atoms with Crippen LogP contribution in [0.25, 0.3) is 0 Å². The molecule has 1 aromatic carbocycles. The predicted molar refractivity (Wildman–Crippen MR) is 86.0 cm³/mol. The number of sulfonamides is 1. The van der Waals surface area contributed by atoms with Crippen LogP contribution in [0.3, 0.4) is 0 Å². The summed E-state index contributed by atoms with van der Waals surface area (Å²) in [5, 5.41) is 14.8. The van der Waals surface area contributed by atoms with Crippen LogP contribution in [0.15, 0.2) is 23.1 Å². The second kappa shape index (κ2) is 5.73. The van der Waals surface area contributed by atoms with E-state index in [0.717, 1.165) is 36.6 Å². The molecule has 1 aromatic rings. The van der Waals surface area contributed by atoms with Gasteiger partial charge in [-0.2, -0.15) is 0 Å². The number of rotatable bonds is 4. The van der Waals surface area contributed by atoms with Gasteiger partial charge < -0.3 is 10.2 Å². The molecule has 2 aliphatic rings. The van der Waals surface area contributed by atoms with Crippen LogP contribution < -0.4 is 10.2 Å². The van der Waals surface area contributed by atoms with Gasteiger partial charge in [-0.3, -0.25) is 10.1 Å². The van der Waals surface area contributed by atoms with Gasteiger partial charge in [-0.25, -0.2) is 12.7 Å². The van der Waals surface area contributed by atoms with Crippen LogP contribution in [-0.2, 0) is 10.0 Å². The molecule has 2 fully saturated rings. The molecule has 1 N–H and O–H groups in total. The van der Waals surface area contributed by atoms with E-state index in [-0.39, 0.29) is 10.6 Å². The second-order valence-electron chi connectivity index (χ2n) is 6.28. The summed E-state index contributed by atoms with van der Waals surface area (Å²) in [5.41, 5.74) is 0.350. The van der Waals surface area contributed by atoms with E-state index in [1.165, 1.54) is 20.2 Å². The van der Waals surface area contributed by atoms with E-state index in [9.17, 15) is 18.5 Å². The number of nitrogens with one attached hydrogen (secondary N) is 1. The summed E-state index contributed by atoms with van der Waals surface area (Å²) in [7, 11) is -0.875. The van der Waals surface area contributed by atoms with Crippen molar-refractivity contribution in [1.82, 2.24) is 9.62 Å². The molecule has 0 aromatic heterocycles. The third-order valence-corrected chi connectivity index (χ3v) is 6.46. The number of nitrogens with zero attached hydrogens (tertiary/aromatic N) is 3. The average molecular weight is 340 g/mol. The third-order valence-electron chi connectivity index (χ3n) is 4.65. The Balaban J connectivity index is 1.97. The van der Waals surface area contributed by atoms with Crippen LogP contribution >= 0.6 is 0 Å². The fourth-order valence-electron chi connectivity index (χ4n) is 3.34. The summed E-state index contributed by atoms with van der Waals surface area (Å²) in [6.07, 6.45) is 0. The molecule has 2 aliphatic heterocycles. The Hall–Kier alpha value is -1.71. The smallest absolute Gasteiger partial charge is 0.293 e. The highest BCUT2D eigenvalue weighted by Gasteiger charge is 2.38. The molecule has 2 saturated heterocycles. The van der Waals surface area contributed by atoms with Gasteiger partial charge in [0.15, 0.2) is 0 Å². The molecule has 0 aliphatic carbocycles. The first-order chi connectivity index (χ1) is 10.8. The fourth-order valence-corrected chi connectivity index (χ4v) is 4.26. The normalized spacial score (nSPS) is 24.2. The van der Waals surface area contributed by atoms with Crippen molar-refractivity contribution in [3.05, 3.63) is 28.3 Å². The van der Waals surface area contributed by atoms with Crippen molar-refractivity contribution in [2.45, 2.75) is 4.90 Å². The van der Waals surface area contributed by atoms with Crippen molar-refractivity contribution >= 4 is 21.4 Å². The van der Waals surface area contributed by atoms with Crippen molar-refractivity contribution in [3.63, 3.8) is 0 Å². The SMILES string of the molecule is CN(C)S(=O)(=O)c1ccc(N2C[C@H]3CNC[C@H]3C2)c([N+](=O)[O-])c1. The molecule has 23 heavy (non-hydrogen) atoms. The highest BCUT2D eigenvalue weighted by molar-refractivity contribution is 7.89. The van der Waals surface area contributed by atoms with Gasteiger partial charge in [0, 0.05) is 46.3 Å². The first-order valence-corrected chi connectivity index (χ1v) is 8.91. The quantitative estimate of drug-likeness (QED) is 0.633. The molecule has 8 nitrogen and oxygen atoms in total. The molecule has 0 amide bonds. The predicted octanol–water partition coefficient (Wildman–Crippen LogP) is 0.501. The van der Waals surface area contributed by atoms with Gasteiger partial charge >= 0.3 is 0 Å². The zero-order chi connectivity index (χ0) is 16.8. The second-order valence-corrected chi connectivity index (χ2v) is 8.43. The van der Waals surface area contributed by atoms with Gasteiger partial charge in [-0.15, -0.1) is 0 Å². The number of nitro groups is 1. The zero-order valence-electron chi connectivity index (χ0n) is 13.1. The molecule has 0 spiro atoms. The minimum atomic E-state index is -3.69. The van der Waals surface area contributed by atoms with Crippen LogP contribution in [0.5, 0.6) is 0 Å². The van der Waals surface area contributed by atoms with Gasteiger partial charge in [-0.05, 0) is 24.0 Å². The lowest BCUT2D eigenvalue weighted by Gasteiger charge is -2.20. The number of nitro benzene ring substituents is 1. The van der Waals surface area contributed by atoms with Crippen molar-refractivity contribution in [1.29, 1.82) is 0 Å². The van der Waals surface area contributed by atoms with Gasteiger partial charge in [-0.1, -0.05) is 0 Å². The maximum absolute atomic E-state index is 12.2. The van der Waals surface area contributed by atoms with E-state index in [1.54, 1.807) is 6.07 Å². The largest absolute Gasteiger partial charge is 0.365 e. The van der Waals surface area contributed by atoms with Crippen LogP contribution in [0.1, 0.15) is 0 Å². The van der Waals surface area contributed by atoms with E-state index in [0.29, 0.717) is 17.5 Å². The Morgan fingerprint density at radius 1 is 1.26 bits per heavy atom. The molecule has 0 saturated carbocycles. The van der Waals surface area contributed by atoms with Crippen LogP contribution in [0.2, 0.25) is 0 Å². The number of fused-ring (bicyclic) bond motifs is 1. The first-order valence-electron chi connectivity index (χ1n) is 7.47. The van der Waals surface area contributed by atoms with E-state index in [4.69, 9.17) is 0 Å². The minimum absolute atomic E-state index is 0.0565. The van der Waals surface area contributed by atoms with E-state index in [1.807, 2.05) is 4.90 Å². The Morgan fingerprint density at radius 3 is 2.39 bits per heavy atom. The minimum Gasteiger partial charge on any atom is -0.365 e. The maximum atomic E-state index is 12.2. The van der Waals surface area contributed by atoms with Crippen LogP contribution in [0, 0.1) is 22.0 Å². The van der Waals surface area contributed by atoms with E-state index >= 15 is 0 Å². The number of hydrogen-bond donors (Lipinski definition) is 1. The number of hydrogen-bond acceptors (Lipinski definition) is 6. The van der Waals surface area contributed by atoms with Crippen molar-refractivity contribution in [2.24, 2.45) is 11.8 Å². The zero-order valence-corrected chi connectivity index (χ0v) is 13.9. The van der Waals surface area contributed by atoms with Gasteiger partial charge in [0.25, 0.3) is 5.69 Å². The van der Waals surface area contributed by atoms with E-state index < -0.39 is 14.9 Å². The number of benzene rings is 1. The Kier molecular flexibility index (Phi) is 4.03. The topological polar surface area (TPSA) is 95.8 Å². The molecule has 3 rings (SSSR count). The Labute approximate surface area is 135 Å². The highest BCUT2D eigenvalue weighted by atomic mass is 32.2. The molecular formula is C14H20N4O4S. The summed E-state index contributed by atoms with van der Waals surface area (Å²) in [6, 6.07) is 4.17. The summed E-state index contributed by atoms with van der Waals surface area (Å²) in [5.74, 6) is 1.000. The van der Waals surface area contributed by atoms with Gasteiger partial charge in [0.05, 0.1) is 9.82 Å². The maximum Gasteiger partial charge on any atom is 0.293 e. The standard InChI is InChI=1S/C14H20N4O4S/c1-16(2)23(21,22)12-3-4-13(14(5-12)18(19)20)17-8-10-6-15-7-11(10)9-17/h3-5,10-11,15H,6-9H2,1-2H3/t10-,11+. The molecule has 126 valence electrons. The van der Waals surface area contributed by atoms with Crippen molar-refractivity contribution in [2.75, 3.05) is 45.2 Å². The summed E-state index contributed by atoms with van der Waals surface area (Å²) < 4.78 is 25.4. The summed E-state index contributed by atoms with van der Waals surface area (Å²) in [6.45, 7) is 3.39.